The predicted octanol–water partition coefficient (Wildman–Crippen LogP) is 8.68. The lowest BCUT2D eigenvalue weighted by Crippen LogP contribution is -2.02. The highest BCUT2D eigenvalue weighted by Gasteiger charge is 2.09. The Bertz CT molecular complexity index is 218. The van der Waals surface area contributed by atoms with Crippen LogP contribution in [0.4, 0.5) is 0 Å². The quantitative estimate of drug-likeness (QED) is 0.392. The zero-order valence-electron chi connectivity index (χ0n) is 16.6. The van der Waals surface area contributed by atoms with Crippen molar-refractivity contribution in [2.75, 3.05) is 0 Å². The van der Waals surface area contributed by atoms with Crippen LogP contribution in [0, 0.1) is 11.8 Å². The van der Waals surface area contributed by atoms with Gasteiger partial charge in [-0.3, -0.25) is 0 Å². The first-order valence-corrected chi connectivity index (χ1v) is 11.3. The van der Waals surface area contributed by atoms with Gasteiger partial charge in [0.15, 0.2) is 0 Å². The van der Waals surface area contributed by atoms with E-state index in [1.807, 2.05) is 0 Å². The van der Waals surface area contributed by atoms with Gasteiger partial charge in [-0.05, 0) is 11.8 Å². The Kier molecular flexibility index (Phi) is 14.2. The fraction of sp³-hybridized carbons (Fsp3) is 1.00. The summed E-state index contributed by atoms with van der Waals surface area (Å²) < 4.78 is 0. The summed E-state index contributed by atoms with van der Waals surface area (Å²) in [4.78, 5) is 0. The van der Waals surface area contributed by atoms with Crippen LogP contribution >= 0.6 is 0 Å². The minimum Gasteiger partial charge on any atom is -0.0654 e. The van der Waals surface area contributed by atoms with Gasteiger partial charge in [0.25, 0.3) is 0 Å². The molecule has 1 saturated carbocycles. The molecule has 0 aromatic rings. The minimum atomic E-state index is 0.963. The average molecular weight is 323 g/mol. The molecule has 0 aromatic heterocycles. The smallest absolute Gasteiger partial charge is 0.0414 e. The van der Waals surface area contributed by atoms with Crippen molar-refractivity contribution < 1.29 is 0 Å². The lowest BCUT2D eigenvalue weighted by Gasteiger charge is -2.17. The summed E-state index contributed by atoms with van der Waals surface area (Å²) >= 11 is 0. The van der Waals surface area contributed by atoms with E-state index in [0.29, 0.717) is 0 Å². The van der Waals surface area contributed by atoms with Crippen LogP contribution in [0.3, 0.4) is 0 Å². The van der Waals surface area contributed by atoms with Crippen LogP contribution in [0.25, 0.3) is 0 Å². The molecule has 1 fully saturated rings. The van der Waals surface area contributed by atoms with Crippen molar-refractivity contribution in [2.45, 2.75) is 136 Å². The second-order valence-electron chi connectivity index (χ2n) is 8.51. The Hall–Kier alpha value is 0. The van der Waals surface area contributed by atoms with E-state index in [9.17, 15) is 0 Å². The summed E-state index contributed by atoms with van der Waals surface area (Å²) in [6, 6.07) is 0. The van der Waals surface area contributed by atoms with E-state index in [1.165, 1.54) is 122 Å². The normalized spacial score (nSPS) is 21.1. The lowest BCUT2D eigenvalue weighted by molar-refractivity contribution is 0.364. The first-order chi connectivity index (χ1) is 11.3. The van der Waals surface area contributed by atoms with Gasteiger partial charge in [-0.15, -0.1) is 0 Å². The number of hydrogen-bond donors (Lipinski definition) is 0. The van der Waals surface area contributed by atoms with Crippen molar-refractivity contribution >= 4 is 0 Å². The summed E-state index contributed by atoms with van der Waals surface area (Å²) in [5.74, 6) is 2.02. The van der Waals surface area contributed by atoms with Crippen LogP contribution in [0.2, 0.25) is 0 Å². The molecule has 0 amide bonds. The van der Waals surface area contributed by atoms with E-state index >= 15 is 0 Å². The van der Waals surface area contributed by atoms with Gasteiger partial charge in [0, 0.05) is 0 Å². The summed E-state index contributed by atoms with van der Waals surface area (Å²) in [6.07, 6.45) is 28.4. The van der Waals surface area contributed by atoms with Crippen LogP contribution in [0.1, 0.15) is 136 Å². The molecule has 1 unspecified atom stereocenters. The first kappa shape index (κ1) is 21.0. The van der Waals surface area contributed by atoms with E-state index in [0.717, 1.165) is 11.8 Å². The highest BCUT2D eigenvalue weighted by molar-refractivity contribution is 4.63. The first-order valence-electron chi connectivity index (χ1n) is 11.3. The molecule has 0 radical (unpaired) electrons. The van der Waals surface area contributed by atoms with Gasteiger partial charge in [-0.2, -0.15) is 0 Å². The maximum Gasteiger partial charge on any atom is -0.0414 e. The fourth-order valence-electron chi connectivity index (χ4n) is 4.45. The van der Waals surface area contributed by atoms with Crippen LogP contribution in [-0.2, 0) is 0 Å². The Morgan fingerprint density at radius 1 is 0.652 bits per heavy atom. The third kappa shape index (κ3) is 13.0. The summed E-state index contributed by atoms with van der Waals surface area (Å²) in [7, 11) is 0. The van der Waals surface area contributed by atoms with Gasteiger partial charge in [-0.25, -0.2) is 0 Å². The molecule has 0 aromatic carbocycles. The van der Waals surface area contributed by atoms with Gasteiger partial charge < -0.3 is 0 Å². The zero-order valence-corrected chi connectivity index (χ0v) is 16.6. The van der Waals surface area contributed by atoms with Crippen LogP contribution in [0.5, 0.6) is 0 Å². The summed E-state index contributed by atoms with van der Waals surface area (Å²) in [6.45, 7) is 4.76. The zero-order chi connectivity index (χ0) is 16.6. The van der Waals surface area contributed by atoms with Crippen molar-refractivity contribution in [3.05, 3.63) is 0 Å². The van der Waals surface area contributed by atoms with Crippen molar-refractivity contribution in [3.8, 4) is 0 Å². The molecule has 0 bridgehead atoms. The Labute approximate surface area is 148 Å². The molecular formula is C23H46. The van der Waals surface area contributed by atoms with Crippen LogP contribution in [-0.4, -0.2) is 0 Å². The Morgan fingerprint density at radius 3 is 1.70 bits per heavy atom. The highest BCUT2D eigenvalue weighted by atomic mass is 14.2. The summed E-state index contributed by atoms with van der Waals surface area (Å²) in [5.41, 5.74) is 0. The van der Waals surface area contributed by atoms with Crippen molar-refractivity contribution in [1.29, 1.82) is 0 Å². The molecule has 1 aliphatic rings. The molecule has 138 valence electrons. The predicted molar refractivity (Wildman–Crippen MR) is 106 cm³/mol. The topological polar surface area (TPSA) is 0 Å². The standard InChI is InChI=1S/C23H46/c1-3-17-22(2)18-13-12-16-21-23-19-14-10-8-6-4-5-7-9-11-15-20-23/h22-23H,3-21H2,1-2H3. The molecule has 0 aliphatic heterocycles. The van der Waals surface area contributed by atoms with Crippen LogP contribution in [0.15, 0.2) is 0 Å². The van der Waals surface area contributed by atoms with Crippen LogP contribution < -0.4 is 0 Å². The van der Waals surface area contributed by atoms with E-state index in [2.05, 4.69) is 13.8 Å². The van der Waals surface area contributed by atoms with Crippen molar-refractivity contribution in [3.63, 3.8) is 0 Å². The average Bonchev–Trinajstić information content (AvgIpc) is 2.56. The highest BCUT2D eigenvalue weighted by Crippen LogP contribution is 2.25. The third-order valence-corrected chi connectivity index (χ3v) is 6.07. The maximum atomic E-state index is 2.44. The number of rotatable bonds is 8. The molecule has 1 atom stereocenters. The molecular weight excluding hydrogens is 276 g/mol. The molecule has 1 rings (SSSR count). The fourth-order valence-corrected chi connectivity index (χ4v) is 4.45. The van der Waals surface area contributed by atoms with Gasteiger partial charge in [0.2, 0.25) is 0 Å². The molecule has 0 saturated heterocycles. The molecule has 0 N–H and O–H groups in total. The minimum absolute atomic E-state index is 0.963. The molecule has 0 heterocycles. The number of hydrogen-bond acceptors (Lipinski definition) is 0. The van der Waals surface area contributed by atoms with Gasteiger partial charge in [0.1, 0.15) is 0 Å². The van der Waals surface area contributed by atoms with E-state index < -0.39 is 0 Å². The summed E-state index contributed by atoms with van der Waals surface area (Å²) in [5, 5.41) is 0. The second-order valence-corrected chi connectivity index (χ2v) is 8.51. The van der Waals surface area contributed by atoms with Crippen molar-refractivity contribution in [1.82, 2.24) is 0 Å². The Morgan fingerprint density at radius 2 is 1.17 bits per heavy atom. The molecule has 23 heavy (non-hydrogen) atoms. The van der Waals surface area contributed by atoms with Crippen molar-refractivity contribution in [2.24, 2.45) is 11.8 Å². The van der Waals surface area contributed by atoms with E-state index in [1.54, 1.807) is 0 Å². The van der Waals surface area contributed by atoms with E-state index in [-0.39, 0.29) is 0 Å². The lowest BCUT2D eigenvalue weighted by atomic mass is 9.89. The third-order valence-electron chi connectivity index (χ3n) is 6.07. The molecule has 0 spiro atoms. The molecule has 0 heteroatoms. The maximum absolute atomic E-state index is 2.44. The van der Waals surface area contributed by atoms with E-state index in [4.69, 9.17) is 0 Å². The molecule has 1 aliphatic carbocycles. The van der Waals surface area contributed by atoms with Gasteiger partial charge in [0.05, 0.1) is 0 Å². The second kappa shape index (κ2) is 15.5. The van der Waals surface area contributed by atoms with Gasteiger partial charge in [-0.1, -0.05) is 136 Å². The monoisotopic (exact) mass is 322 g/mol. The Balaban J connectivity index is 2.12. The molecule has 0 nitrogen and oxygen atoms in total. The SMILES string of the molecule is CCCC(C)CCCCCC1CCCCCCCCCCCC1. The van der Waals surface area contributed by atoms with Gasteiger partial charge >= 0.3 is 0 Å². The largest absolute Gasteiger partial charge is 0.0654 e. The number of unbranched alkanes of at least 4 members (excludes halogenated alkanes) is 2.